The van der Waals surface area contributed by atoms with Gasteiger partial charge >= 0.3 is 0 Å². The van der Waals surface area contributed by atoms with E-state index in [1.54, 1.807) is 0 Å². The van der Waals surface area contributed by atoms with Crippen LogP contribution in [0.1, 0.15) is 38.7 Å². The number of nitrogens with one attached hydrogen (secondary N) is 1. The number of amides is 2. The first-order valence-corrected chi connectivity index (χ1v) is 7.78. The molecule has 2 amide bonds. The van der Waals surface area contributed by atoms with Crippen molar-refractivity contribution in [3.05, 3.63) is 29.8 Å². The number of imide groups is 1. The van der Waals surface area contributed by atoms with Gasteiger partial charge in [-0.1, -0.05) is 32.4 Å². The Balaban J connectivity index is 1.75. The Hall–Kier alpha value is -1.68. The number of carbonyl (C=O) groups excluding carboxylic acids is 2. The molecule has 1 aliphatic heterocycles. The molecule has 2 aliphatic rings. The minimum Gasteiger partial charge on any atom is -0.310 e. The average Bonchev–Trinajstić information content (AvgIpc) is 3.03. The molecule has 1 aliphatic carbocycles. The third kappa shape index (κ3) is 2.60. The van der Waals surface area contributed by atoms with Gasteiger partial charge in [-0.25, -0.2) is 0 Å². The van der Waals surface area contributed by atoms with E-state index in [0.29, 0.717) is 11.7 Å². The van der Waals surface area contributed by atoms with Crippen LogP contribution in [0.15, 0.2) is 24.3 Å². The van der Waals surface area contributed by atoms with Gasteiger partial charge in [0.2, 0.25) is 11.8 Å². The molecule has 0 spiro atoms. The SMILES string of the molecule is CC(C)NCc1ccc(N2C(=O)C3CCCC3C2=O)cc1. The van der Waals surface area contributed by atoms with E-state index in [1.165, 1.54) is 4.90 Å². The van der Waals surface area contributed by atoms with Crippen LogP contribution in [0, 0.1) is 11.8 Å². The summed E-state index contributed by atoms with van der Waals surface area (Å²) in [5.74, 6) is -0.148. The third-order valence-electron chi connectivity index (χ3n) is 4.50. The van der Waals surface area contributed by atoms with Gasteiger partial charge in [0.05, 0.1) is 17.5 Å². The molecule has 1 saturated heterocycles. The summed E-state index contributed by atoms with van der Waals surface area (Å²) >= 11 is 0. The number of rotatable bonds is 4. The quantitative estimate of drug-likeness (QED) is 0.865. The van der Waals surface area contributed by atoms with Crippen molar-refractivity contribution in [1.82, 2.24) is 5.32 Å². The Morgan fingerprint density at radius 2 is 1.67 bits per heavy atom. The lowest BCUT2D eigenvalue weighted by atomic mass is 10.00. The van der Waals surface area contributed by atoms with Crippen LogP contribution in [0.4, 0.5) is 5.69 Å². The summed E-state index contributed by atoms with van der Waals surface area (Å²) in [6.45, 7) is 5.01. The third-order valence-corrected chi connectivity index (χ3v) is 4.50. The molecule has 21 heavy (non-hydrogen) atoms. The fraction of sp³-hybridized carbons (Fsp3) is 0.529. The van der Waals surface area contributed by atoms with Crippen molar-refractivity contribution in [2.75, 3.05) is 4.90 Å². The van der Waals surface area contributed by atoms with Crippen molar-refractivity contribution in [2.24, 2.45) is 11.8 Å². The molecule has 112 valence electrons. The Morgan fingerprint density at radius 3 is 2.19 bits per heavy atom. The molecule has 1 N–H and O–H groups in total. The average molecular weight is 286 g/mol. The summed E-state index contributed by atoms with van der Waals surface area (Å²) in [5, 5.41) is 3.35. The van der Waals surface area contributed by atoms with E-state index in [1.807, 2.05) is 24.3 Å². The van der Waals surface area contributed by atoms with Gasteiger partial charge in [-0.05, 0) is 30.5 Å². The topological polar surface area (TPSA) is 49.4 Å². The molecule has 4 heteroatoms. The zero-order valence-corrected chi connectivity index (χ0v) is 12.6. The molecule has 2 atom stereocenters. The van der Waals surface area contributed by atoms with E-state index >= 15 is 0 Å². The van der Waals surface area contributed by atoms with Crippen LogP contribution < -0.4 is 10.2 Å². The maximum atomic E-state index is 12.4. The zero-order valence-electron chi connectivity index (χ0n) is 12.6. The molecule has 1 aromatic rings. The summed E-state index contributed by atoms with van der Waals surface area (Å²) in [6, 6.07) is 8.17. The second kappa shape index (κ2) is 5.60. The van der Waals surface area contributed by atoms with Gasteiger partial charge in [-0.2, -0.15) is 0 Å². The van der Waals surface area contributed by atoms with E-state index in [2.05, 4.69) is 19.2 Å². The van der Waals surface area contributed by atoms with Crippen molar-refractivity contribution in [1.29, 1.82) is 0 Å². The summed E-state index contributed by atoms with van der Waals surface area (Å²) < 4.78 is 0. The second-order valence-electron chi connectivity index (χ2n) is 6.36. The highest BCUT2D eigenvalue weighted by molar-refractivity contribution is 6.22. The molecule has 2 fully saturated rings. The summed E-state index contributed by atoms with van der Waals surface area (Å²) in [7, 11) is 0. The predicted octanol–water partition coefficient (Wildman–Crippen LogP) is 2.47. The van der Waals surface area contributed by atoms with Crippen LogP contribution in [0.3, 0.4) is 0 Å². The molecule has 0 bridgehead atoms. The molecule has 1 heterocycles. The van der Waals surface area contributed by atoms with Crippen LogP contribution in [-0.2, 0) is 16.1 Å². The highest BCUT2D eigenvalue weighted by Crippen LogP contribution is 2.41. The Labute approximate surface area is 125 Å². The van der Waals surface area contributed by atoms with Gasteiger partial charge in [-0.3, -0.25) is 14.5 Å². The number of benzene rings is 1. The van der Waals surface area contributed by atoms with Crippen molar-refractivity contribution >= 4 is 17.5 Å². The first-order valence-electron chi connectivity index (χ1n) is 7.78. The van der Waals surface area contributed by atoms with E-state index < -0.39 is 0 Å². The van der Waals surface area contributed by atoms with Crippen LogP contribution in [0.5, 0.6) is 0 Å². The number of hydrogen-bond acceptors (Lipinski definition) is 3. The lowest BCUT2D eigenvalue weighted by Crippen LogP contribution is -2.31. The molecule has 0 aromatic heterocycles. The smallest absolute Gasteiger partial charge is 0.237 e. The largest absolute Gasteiger partial charge is 0.310 e. The minimum absolute atomic E-state index is 0.00412. The number of hydrogen-bond donors (Lipinski definition) is 1. The summed E-state index contributed by atoms with van der Waals surface area (Å²) in [6.07, 6.45) is 2.73. The van der Waals surface area contributed by atoms with Crippen molar-refractivity contribution in [2.45, 2.75) is 45.7 Å². The number of nitrogens with zero attached hydrogens (tertiary/aromatic N) is 1. The number of anilines is 1. The predicted molar refractivity (Wildman–Crippen MR) is 81.7 cm³/mol. The van der Waals surface area contributed by atoms with E-state index in [4.69, 9.17) is 0 Å². The molecule has 1 aromatic carbocycles. The fourth-order valence-electron chi connectivity index (χ4n) is 3.33. The number of carbonyl (C=O) groups is 2. The second-order valence-corrected chi connectivity index (χ2v) is 6.36. The van der Waals surface area contributed by atoms with Crippen molar-refractivity contribution < 1.29 is 9.59 Å². The van der Waals surface area contributed by atoms with Gasteiger partial charge in [0, 0.05) is 12.6 Å². The Kier molecular flexibility index (Phi) is 3.81. The normalized spacial score (nSPS) is 25.0. The minimum atomic E-state index is -0.0696. The highest BCUT2D eigenvalue weighted by atomic mass is 16.2. The zero-order chi connectivity index (χ0) is 15.0. The van der Waals surface area contributed by atoms with E-state index in [-0.39, 0.29) is 23.7 Å². The first-order chi connectivity index (χ1) is 10.1. The summed E-state index contributed by atoms with van der Waals surface area (Å²) in [5.41, 5.74) is 1.87. The highest BCUT2D eigenvalue weighted by Gasteiger charge is 2.50. The molecular formula is C17H22N2O2. The lowest BCUT2D eigenvalue weighted by molar-refractivity contribution is -0.122. The molecule has 3 rings (SSSR count). The maximum absolute atomic E-state index is 12.4. The van der Waals surface area contributed by atoms with Gasteiger partial charge in [0.25, 0.3) is 0 Å². The monoisotopic (exact) mass is 286 g/mol. The van der Waals surface area contributed by atoms with Crippen LogP contribution in [-0.4, -0.2) is 17.9 Å². The van der Waals surface area contributed by atoms with Crippen LogP contribution in [0.25, 0.3) is 0 Å². The fourth-order valence-corrected chi connectivity index (χ4v) is 3.33. The maximum Gasteiger partial charge on any atom is 0.237 e. The van der Waals surface area contributed by atoms with Gasteiger partial charge in [0.15, 0.2) is 0 Å². The lowest BCUT2D eigenvalue weighted by Gasteiger charge is -2.16. The van der Waals surface area contributed by atoms with Crippen LogP contribution in [0.2, 0.25) is 0 Å². The van der Waals surface area contributed by atoms with Gasteiger partial charge in [-0.15, -0.1) is 0 Å². The Bertz CT molecular complexity index is 528. The molecule has 4 nitrogen and oxygen atoms in total. The van der Waals surface area contributed by atoms with E-state index in [0.717, 1.165) is 31.4 Å². The van der Waals surface area contributed by atoms with Crippen LogP contribution >= 0.6 is 0 Å². The first kappa shape index (κ1) is 14.3. The molecule has 1 saturated carbocycles. The van der Waals surface area contributed by atoms with Gasteiger partial charge < -0.3 is 5.32 Å². The molecular weight excluding hydrogens is 264 g/mol. The number of fused-ring (bicyclic) bond motifs is 1. The summed E-state index contributed by atoms with van der Waals surface area (Å²) in [4.78, 5) is 26.2. The van der Waals surface area contributed by atoms with Crippen molar-refractivity contribution in [3.8, 4) is 0 Å². The van der Waals surface area contributed by atoms with Crippen molar-refractivity contribution in [3.63, 3.8) is 0 Å². The Morgan fingerprint density at radius 1 is 1.10 bits per heavy atom. The molecule has 0 radical (unpaired) electrons. The van der Waals surface area contributed by atoms with E-state index in [9.17, 15) is 9.59 Å². The standard InChI is InChI=1S/C17H22N2O2/c1-11(2)18-10-12-6-8-13(9-7-12)19-16(20)14-4-3-5-15(14)17(19)21/h6-9,11,14-15,18H,3-5,10H2,1-2H3. The molecule has 2 unspecified atom stereocenters. The van der Waals surface area contributed by atoms with Gasteiger partial charge in [0.1, 0.15) is 0 Å².